The molecular formula is C20H19NO4. The van der Waals surface area contributed by atoms with Gasteiger partial charge in [0.2, 0.25) is 5.91 Å². The number of ketones is 1. The van der Waals surface area contributed by atoms with Gasteiger partial charge in [-0.25, -0.2) is 4.79 Å². The van der Waals surface area contributed by atoms with Crippen LogP contribution in [-0.2, 0) is 27.2 Å². The maximum absolute atomic E-state index is 11.9. The van der Waals surface area contributed by atoms with E-state index in [9.17, 15) is 14.4 Å². The Bertz CT molecular complexity index is 764. The van der Waals surface area contributed by atoms with E-state index >= 15 is 0 Å². The van der Waals surface area contributed by atoms with E-state index in [1.165, 1.54) is 6.08 Å². The third-order valence-corrected chi connectivity index (χ3v) is 3.49. The highest BCUT2D eigenvalue weighted by molar-refractivity contribution is 5.88. The van der Waals surface area contributed by atoms with Crippen molar-refractivity contribution in [3.8, 4) is 0 Å². The van der Waals surface area contributed by atoms with E-state index in [2.05, 4.69) is 5.32 Å². The van der Waals surface area contributed by atoms with Gasteiger partial charge in [-0.1, -0.05) is 54.6 Å². The van der Waals surface area contributed by atoms with Crippen LogP contribution in [0.15, 0.2) is 60.7 Å². The van der Waals surface area contributed by atoms with Crippen LogP contribution < -0.4 is 5.32 Å². The summed E-state index contributed by atoms with van der Waals surface area (Å²) in [5, 5.41) is 11.2. The largest absolute Gasteiger partial charge is 0.478 e. The van der Waals surface area contributed by atoms with Gasteiger partial charge in [-0.05, 0) is 22.8 Å². The molecule has 0 saturated heterocycles. The predicted octanol–water partition coefficient (Wildman–Crippen LogP) is 2.25. The summed E-state index contributed by atoms with van der Waals surface area (Å²) in [4.78, 5) is 34.2. The molecule has 0 aliphatic heterocycles. The molecule has 128 valence electrons. The number of amides is 1. The van der Waals surface area contributed by atoms with Gasteiger partial charge in [-0.3, -0.25) is 9.59 Å². The number of hydrogen-bond acceptors (Lipinski definition) is 3. The van der Waals surface area contributed by atoms with Crippen LogP contribution in [0, 0.1) is 0 Å². The molecule has 0 bridgehead atoms. The fourth-order valence-corrected chi connectivity index (χ4v) is 2.25. The van der Waals surface area contributed by atoms with Crippen molar-refractivity contribution in [2.24, 2.45) is 0 Å². The average molecular weight is 337 g/mol. The topological polar surface area (TPSA) is 83.5 Å². The van der Waals surface area contributed by atoms with E-state index in [-0.39, 0.29) is 24.7 Å². The van der Waals surface area contributed by atoms with Crippen LogP contribution in [-0.4, -0.2) is 29.3 Å². The molecule has 2 N–H and O–H groups in total. The Labute approximate surface area is 146 Å². The van der Waals surface area contributed by atoms with Gasteiger partial charge in [0.15, 0.2) is 5.78 Å². The van der Waals surface area contributed by atoms with Gasteiger partial charge in [0.25, 0.3) is 0 Å². The molecule has 0 heterocycles. The van der Waals surface area contributed by atoms with E-state index in [1.54, 1.807) is 24.3 Å². The van der Waals surface area contributed by atoms with Crippen LogP contribution in [0.3, 0.4) is 0 Å². The molecule has 0 aliphatic carbocycles. The maximum atomic E-state index is 11.9. The molecule has 1 amide bonds. The molecule has 25 heavy (non-hydrogen) atoms. The lowest BCUT2D eigenvalue weighted by Crippen LogP contribution is -2.31. The number of aliphatic carboxylic acids is 1. The van der Waals surface area contributed by atoms with Crippen molar-refractivity contribution in [1.82, 2.24) is 5.32 Å². The van der Waals surface area contributed by atoms with E-state index in [4.69, 9.17) is 5.11 Å². The summed E-state index contributed by atoms with van der Waals surface area (Å²) < 4.78 is 0. The molecule has 2 aromatic carbocycles. The Hall–Kier alpha value is -3.21. The Balaban J connectivity index is 1.78. The van der Waals surface area contributed by atoms with Crippen molar-refractivity contribution >= 4 is 23.7 Å². The summed E-state index contributed by atoms with van der Waals surface area (Å²) in [6, 6.07) is 16.4. The summed E-state index contributed by atoms with van der Waals surface area (Å²) in [5.74, 6) is -1.28. The average Bonchev–Trinajstić information content (AvgIpc) is 2.60. The zero-order chi connectivity index (χ0) is 18.1. The highest BCUT2D eigenvalue weighted by atomic mass is 16.4. The molecule has 0 aromatic heterocycles. The van der Waals surface area contributed by atoms with Gasteiger partial charge < -0.3 is 10.4 Å². The minimum atomic E-state index is -1.01. The number of carboxylic acids is 1. The van der Waals surface area contributed by atoms with Gasteiger partial charge >= 0.3 is 5.97 Å². The second-order valence-electron chi connectivity index (χ2n) is 5.57. The highest BCUT2D eigenvalue weighted by Gasteiger charge is 2.07. The van der Waals surface area contributed by atoms with E-state index in [0.717, 1.165) is 22.8 Å². The molecule has 0 atom stereocenters. The first-order chi connectivity index (χ1) is 12.0. The normalized spacial score (nSPS) is 10.6. The van der Waals surface area contributed by atoms with Gasteiger partial charge in [-0.2, -0.15) is 0 Å². The predicted molar refractivity (Wildman–Crippen MR) is 95.0 cm³/mol. The van der Waals surface area contributed by atoms with Gasteiger partial charge in [-0.15, -0.1) is 0 Å². The molecule has 0 spiro atoms. The molecule has 5 heteroatoms. The van der Waals surface area contributed by atoms with E-state index in [0.29, 0.717) is 6.42 Å². The Kier molecular flexibility index (Phi) is 6.65. The molecule has 0 saturated carbocycles. The first-order valence-electron chi connectivity index (χ1n) is 7.85. The van der Waals surface area contributed by atoms with Gasteiger partial charge in [0.1, 0.15) is 0 Å². The van der Waals surface area contributed by atoms with Crippen LogP contribution in [0.2, 0.25) is 0 Å². The molecule has 0 fully saturated rings. The number of carboxylic acid groups (broad SMARTS) is 1. The summed E-state index contributed by atoms with van der Waals surface area (Å²) in [7, 11) is 0. The third-order valence-electron chi connectivity index (χ3n) is 3.49. The number of rotatable bonds is 8. The second-order valence-corrected chi connectivity index (χ2v) is 5.57. The van der Waals surface area contributed by atoms with Crippen molar-refractivity contribution < 1.29 is 19.5 Å². The molecule has 0 unspecified atom stereocenters. The lowest BCUT2D eigenvalue weighted by atomic mass is 10.1. The Morgan fingerprint density at radius 3 is 2.16 bits per heavy atom. The quantitative estimate of drug-likeness (QED) is 0.724. The van der Waals surface area contributed by atoms with Crippen molar-refractivity contribution in [3.63, 3.8) is 0 Å². The zero-order valence-electron chi connectivity index (χ0n) is 13.6. The molecule has 2 rings (SSSR count). The van der Waals surface area contributed by atoms with Crippen molar-refractivity contribution in [3.05, 3.63) is 77.4 Å². The Morgan fingerprint density at radius 2 is 1.52 bits per heavy atom. The smallest absolute Gasteiger partial charge is 0.328 e. The van der Waals surface area contributed by atoms with E-state index in [1.807, 2.05) is 30.3 Å². The highest BCUT2D eigenvalue weighted by Crippen LogP contribution is 2.07. The summed E-state index contributed by atoms with van der Waals surface area (Å²) >= 11 is 0. The van der Waals surface area contributed by atoms with Crippen LogP contribution in [0.5, 0.6) is 0 Å². The minimum Gasteiger partial charge on any atom is -0.478 e. The van der Waals surface area contributed by atoms with Crippen LogP contribution in [0.1, 0.15) is 16.7 Å². The standard InChI is InChI=1S/C20H19NO4/c22-18(12-16-4-2-1-3-5-16)14-21-19(23)13-17-8-6-15(7-9-17)10-11-20(24)25/h1-11H,12-14H2,(H,21,23)(H,24,25)/b11-10+. The number of nitrogens with one attached hydrogen (secondary N) is 1. The molecule has 5 nitrogen and oxygen atoms in total. The monoisotopic (exact) mass is 337 g/mol. The third kappa shape index (κ3) is 6.83. The van der Waals surface area contributed by atoms with Crippen LogP contribution in [0.4, 0.5) is 0 Å². The van der Waals surface area contributed by atoms with Crippen molar-refractivity contribution in [2.45, 2.75) is 12.8 Å². The van der Waals surface area contributed by atoms with Crippen LogP contribution in [0.25, 0.3) is 6.08 Å². The van der Waals surface area contributed by atoms with Gasteiger partial charge in [0, 0.05) is 12.5 Å². The number of carbonyl (C=O) groups excluding carboxylic acids is 2. The molecule has 2 aromatic rings. The molecule has 0 aliphatic rings. The fraction of sp³-hybridized carbons (Fsp3) is 0.150. The number of benzene rings is 2. The van der Waals surface area contributed by atoms with Crippen molar-refractivity contribution in [2.75, 3.05) is 6.54 Å². The summed E-state index contributed by atoms with van der Waals surface area (Å²) in [6.07, 6.45) is 3.00. The zero-order valence-corrected chi connectivity index (χ0v) is 13.6. The van der Waals surface area contributed by atoms with Crippen molar-refractivity contribution in [1.29, 1.82) is 0 Å². The van der Waals surface area contributed by atoms with Gasteiger partial charge in [0.05, 0.1) is 13.0 Å². The maximum Gasteiger partial charge on any atom is 0.328 e. The molecule has 0 radical (unpaired) electrons. The van der Waals surface area contributed by atoms with E-state index < -0.39 is 5.97 Å². The second kappa shape index (κ2) is 9.17. The molecular weight excluding hydrogens is 318 g/mol. The first-order valence-corrected chi connectivity index (χ1v) is 7.85. The lowest BCUT2D eigenvalue weighted by Gasteiger charge is -2.05. The fourth-order valence-electron chi connectivity index (χ4n) is 2.25. The number of carbonyl (C=O) groups is 3. The lowest BCUT2D eigenvalue weighted by molar-refractivity contribution is -0.131. The van der Waals surface area contributed by atoms with Crippen LogP contribution >= 0.6 is 0 Å². The summed E-state index contributed by atoms with van der Waals surface area (Å²) in [6.45, 7) is 0.00710. The number of Topliss-reactive ketones (excluding diaryl/α,β-unsaturated/α-hetero) is 1. The Morgan fingerprint density at radius 1 is 0.880 bits per heavy atom. The minimum absolute atomic E-state index is 0.00710. The number of hydrogen-bond donors (Lipinski definition) is 2. The summed E-state index contributed by atoms with van der Waals surface area (Å²) in [5.41, 5.74) is 2.46. The first kappa shape index (κ1) is 18.1. The SMILES string of the molecule is O=C(O)/C=C/c1ccc(CC(=O)NCC(=O)Cc2ccccc2)cc1.